The van der Waals surface area contributed by atoms with Crippen molar-refractivity contribution in [3.63, 3.8) is 0 Å². The molecule has 0 bridgehead atoms. The lowest BCUT2D eigenvalue weighted by Crippen LogP contribution is -2.25. The van der Waals surface area contributed by atoms with Crippen LogP contribution in [0.25, 0.3) is 0 Å². The van der Waals surface area contributed by atoms with Gasteiger partial charge in [0.2, 0.25) is 0 Å². The van der Waals surface area contributed by atoms with E-state index >= 15 is 0 Å². The number of ether oxygens (including phenoxy) is 1. The standard InChI is InChI=1S/C13H17NO3/c1-14-7-3-4-9-8-10(5-6-11(9)14)12(15)13(16)17-2/h5-6,8,12,15H,3-4,7H2,1-2H3. The molecule has 0 saturated heterocycles. The molecular weight excluding hydrogens is 218 g/mol. The molecule has 4 heteroatoms. The van der Waals surface area contributed by atoms with E-state index in [-0.39, 0.29) is 0 Å². The highest BCUT2D eigenvalue weighted by atomic mass is 16.5. The quantitative estimate of drug-likeness (QED) is 0.784. The molecule has 1 atom stereocenters. The van der Waals surface area contributed by atoms with Crippen LogP contribution in [0.4, 0.5) is 5.69 Å². The monoisotopic (exact) mass is 235 g/mol. The van der Waals surface area contributed by atoms with E-state index in [0.29, 0.717) is 5.56 Å². The van der Waals surface area contributed by atoms with Gasteiger partial charge in [-0.15, -0.1) is 0 Å². The minimum absolute atomic E-state index is 0.603. The zero-order chi connectivity index (χ0) is 12.4. The zero-order valence-corrected chi connectivity index (χ0v) is 10.1. The maximum atomic E-state index is 11.3. The van der Waals surface area contributed by atoms with Gasteiger partial charge in [-0.1, -0.05) is 12.1 Å². The average Bonchev–Trinajstić information content (AvgIpc) is 2.37. The van der Waals surface area contributed by atoms with Gasteiger partial charge >= 0.3 is 5.97 Å². The minimum Gasteiger partial charge on any atom is -0.467 e. The van der Waals surface area contributed by atoms with E-state index in [2.05, 4.69) is 16.7 Å². The number of hydrogen-bond donors (Lipinski definition) is 1. The summed E-state index contributed by atoms with van der Waals surface area (Å²) in [7, 11) is 3.33. The third-order valence-electron chi connectivity index (χ3n) is 3.19. The number of fused-ring (bicyclic) bond motifs is 1. The Morgan fingerprint density at radius 2 is 2.29 bits per heavy atom. The van der Waals surface area contributed by atoms with Gasteiger partial charge in [-0.2, -0.15) is 0 Å². The normalized spacial score (nSPS) is 16.3. The van der Waals surface area contributed by atoms with Gasteiger partial charge in [-0.25, -0.2) is 4.79 Å². The molecule has 92 valence electrons. The molecule has 1 aliphatic rings. The first kappa shape index (κ1) is 11.9. The van der Waals surface area contributed by atoms with E-state index in [9.17, 15) is 9.90 Å². The number of aryl methyl sites for hydroxylation is 1. The molecule has 1 aromatic rings. The van der Waals surface area contributed by atoms with E-state index in [1.807, 2.05) is 12.1 Å². The van der Waals surface area contributed by atoms with E-state index in [1.165, 1.54) is 18.4 Å². The van der Waals surface area contributed by atoms with Crippen molar-refractivity contribution < 1.29 is 14.6 Å². The predicted molar refractivity (Wildman–Crippen MR) is 65.0 cm³/mol. The topological polar surface area (TPSA) is 49.8 Å². The fourth-order valence-corrected chi connectivity index (χ4v) is 2.22. The van der Waals surface area contributed by atoms with Crippen molar-refractivity contribution in [2.75, 3.05) is 25.6 Å². The van der Waals surface area contributed by atoms with Crippen LogP contribution < -0.4 is 4.90 Å². The first-order valence-corrected chi connectivity index (χ1v) is 5.73. The highest BCUT2D eigenvalue weighted by molar-refractivity contribution is 5.76. The molecule has 2 rings (SSSR count). The molecule has 0 aromatic heterocycles. The highest BCUT2D eigenvalue weighted by Gasteiger charge is 2.21. The maximum absolute atomic E-state index is 11.3. The van der Waals surface area contributed by atoms with Crippen LogP contribution in [-0.4, -0.2) is 31.8 Å². The molecule has 1 aliphatic heterocycles. The summed E-state index contributed by atoms with van der Waals surface area (Å²) in [5, 5.41) is 9.77. The lowest BCUT2D eigenvalue weighted by atomic mass is 9.97. The highest BCUT2D eigenvalue weighted by Crippen LogP contribution is 2.28. The average molecular weight is 235 g/mol. The molecular formula is C13H17NO3. The second kappa shape index (κ2) is 4.75. The zero-order valence-electron chi connectivity index (χ0n) is 10.1. The first-order valence-electron chi connectivity index (χ1n) is 5.73. The van der Waals surface area contributed by atoms with Crippen LogP contribution in [0.1, 0.15) is 23.7 Å². The fourth-order valence-electron chi connectivity index (χ4n) is 2.22. The van der Waals surface area contributed by atoms with Crippen LogP contribution in [0.3, 0.4) is 0 Å². The number of aliphatic hydroxyl groups excluding tert-OH is 1. The molecule has 1 unspecified atom stereocenters. The molecule has 0 amide bonds. The Balaban J connectivity index is 2.30. The fraction of sp³-hybridized carbons (Fsp3) is 0.462. The van der Waals surface area contributed by atoms with Gasteiger partial charge in [-0.05, 0) is 30.0 Å². The van der Waals surface area contributed by atoms with Gasteiger partial charge in [0, 0.05) is 19.3 Å². The Morgan fingerprint density at radius 1 is 1.53 bits per heavy atom. The van der Waals surface area contributed by atoms with Crippen LogP contribution in [0.5, 0.6) is 0 Å². The number of aliphatic hydroxyl groups is 1. The van der Waals surface area contributed by atoms with Crippen LogP contribution >= 0.6 is 0 Å². The molecule has 1 aromatic carbocycles. The van der Waals surface area contributed by atoms with Crippen molar-refractivity contribution in [1.82, 2.24) is 0 Å². The van der Waals surface area contributed by atoms with Gasteiger partial charge in [-0.3, -0.25) is 0 Å². The summed E-state index contributed by atoms with van der Waals surface area (Å²) in [6, 6.07) is 5.63. The number of hydrogen-bond acceptors (Lipinski definition) is 4. The van der Waals surface area contributed by atoms with E-state index < -0.39 is 12.1 Å². The third kappa shape index (κ3) is 2.26. The SMILES string of the molecule is COC(=O)C(O)c1ccc2c(c1)CCCN2C. The third-order valence-corrected chi connectivity index (χ3v) is 3.19. The van der Waals surface area contributed by atoms with Gasteiger partial charge < -0.3 is 14.7 Å². The van der Waals surface area contributed by atoms with Crippen LogP contribution in [0.2, 0.25) is 0 Å². The molecule has 1 heterocycles. The number of carbonyl (C=O) groups excluding carboxylic acids is 1. The summed E-state index contributed by atoms with van der Waals surface area (Å²) in [4.78, 5) is 13.4. The van der Waals surface area contributed by atoms with Crippen molar-refractivity contribution in [2.24, 2.45) is 0 Å². The van der Waals surface area contributed by atoms with Crippen molar-refractivity contribution in [2.45, 2.75) is 18.9 Å². The molecule has 0 radical (unpaired) electrons. The second-order valence-electron chi connectivity index (χ2n) is 4.34. The number of methoxy groups -OCH3 is 1. The van der Waals surface area contributed by atoms with Gasteiger partial charge in [0.25, 0.3) is 0 Å². The van der Waals surface area contributed by atoms with E-state index in [4.69, 9.17) is 0 Å². The number of anilines is 1. The van der Waals surface area contributed by atoms with Crippen molar-refractivity contribution >= 4 is 11.7 Å². The van der Waals surface area contributed by atoms with Crippen LogP contribution in [0, 0.1) is 0 Å². The summed E-state index contributed by atoms with van der Waals surface area (Å²) < 4.78 is 4.53. The maximum Gasteiger partial charge on any atom is 0.339 e. The number of esters is 1. The summed E-state index contributed by atoms with van der Waals surface area (Å²) in [6.07, 6.45) is 0.903. The molecule has 0 fully saturated rings. The molecule has 0 aliphatic carbocycles. The summed E-state index contributed by atoms with van der Waals surface area (Å²) >= 11 is 0. The van der Waals surface area contributed by atoms with E-state index in [1.54, 1.807) is 6.07 Å². The van der Waals surface area contributed by atoms with Crippen molar-refractivity contribution in [3.05, 3.63) is 29.3 Å². The van der Waals surface area contributed by atoms with E-state index in [0.717, 1.165) is 19.4 Å². The first-order chi connectivity index (χ1) is 8.13. The summed E-state index contributed by atoms with van der Waals surface area (Å²) in [5.74, 6) is -0.617. The molecule has 17 heavy (non-hydrogen) atoms. The number of benzene rings is 1. The Bertz CT molecular complexity index is 431. The predicted octanol–water partition coefficient (Wildman–Crippen LogP) is 1.28. The Kier molecular flexibility index (Phi) is 3.33. The Hall–Kier alpha value is -1.55. The van der Waals surface area contributed by atoms with Crippen LogP contribution in [-0.2, 0) is 16.0 Å². The Morgan fingerprint density at radius 3 is 3.00 bits per heavy atom. The van der Waals surface area contributed by atoms with Crippen molar-refractivity contribution in [3.8, 4) is 0 Å². The largest absolute Gasteiger partial charge is 0.467 e. The molecule has 1 N–H and O–H groups in total. The smallest absolute Gasteiger partial charge is 0.339 e. The number of rotatable bonds is 2. The number of carbonyl (C=O) groups is 1. The lowest BCUT2D eigenvalue weighted by molar-refractivity contribution is -0.150. The van der Waals surface area contributed by atoms with Crippen LogP contribution in [0.15, 0.2) is 18.2 Å². The van der Waals surface area contributed by atoms with Crippen molar-refractivity contribution in [1.29, 1.82) is 0 Å². The minimum atomic E-state index is -1.18. The van der Waals surface area contributed by atoms with Gasteiger partial charge in [0.15, 0.2) is 6.10 Å². The molecule has 4 nitrogen and oxygen atoms in total. The lowest BCUT2D eigenvalue weighted by Gasteiger charge is -2.28. The second-order valence-corrected chi connectivity index (χ2v) is 4.34. The summed E-state index contributed by atoms with van der Waals surface area (Å²) in [5.41, 5.74) is 2.96. The van der Waals surface area contributed by atoms with Gasteiger partial charge in [0.05, 0.1) is 7.11 Å². The molecule has 0 saturated carbocycles. The number of nitrogens with zero attached hydrogens (tertiary/aromatic N) is 1. The molecule has 0 spiro atoms. The van der Waals surface area contributed by atoms with Gasteiger partial charge in [0.1, 0.15) is 0 Å². The Labute approximate surface area is 101 Å². The summed E-state index contributed by atoms with van der Waals surface area (Å²) in [6.45, 7) is 1.05.